The number of aliphatic hydroxyl groups excluding tert-OH is 1. The molecule has 2 heterocycles. The number of carbonyl (C=O) groups excluding carboxylic acids is 1. The molecule has 116 valence electrons. The van der Waals surface area contributed by atoms with Gasteiger partial charge in [0.05, 0.1) is 16.8 Å². The number of amides is 1. The van der Waals surface area contributed by atoms with Crippen LogP contribution in [0.3, 0.4) is 0 Å². The van der Waals surface area contributed by atoms with Gasteiger partial charge in [-0.25, -0.2) is 4.39 Å². The Hall–Kier alpha value is -2.01. The zero-order valence-corrected chi connectivity index (χ0v) is 12.6. The van der Waals surface area contributed by atoms with Crippen LogP contribution in [0.2, 0.25) is 0 Å². The van der Waals surface area contributed by atoms with Gasteiger partial charge in [-0.05, 0) is 43.9 Å². The van der Waals surface area contributed by atoms with E-state index in [0.717, 1.165) is 18.2 Å². The van der Waals surface area contributed by atoms with Crippen molar-refractivity contribution in [2.75, 3.05) is 19.7 Å². The minimum Gasteiger partial charge on any atom is -0.396 e. The smallest absolute Gasteiger partial charge is 0.255 e. The first-order chi connectivity index (χ1) is 10.6. The zero-order chi connectivity index (χ0) is 15.7. The van der Waals surface area contributed by atoms with Crippen LogP contribution in [0, 0.1) is 18.7 Å². The van der Waals surface area contributed by atoms with Gasteiger partial charge in [-0.15, -0.1) is 0 Å². The van der Waals surface area contributed by atoms with E-state index in [1.165, 1.54) is 12.1 Å². The number of nitrogens with zero attached hydrogens (tertiary/aromatic N) is 2. The summed E-state index contributed by atoms with van der Waals surface area (Å²) in [7, 11) is 0. The fraction of sp³-hybridized carbons (Fsp3) is 0.412. The van der Waals surface area contributed by atoms with Gasteiger partial charge in [-0.2, -0.15) is 0 Å². The Morgan fingerprint density at radius 2 is 2.27 bits per heavy atom. The van der Waals surface area contributed by atoms with Gasteiger partial charge in [-0.3, -0.25) is 9.78 Å². The van der Waals surface area contributed by atoms with E-state index in [0.29, 0.717) is 29.9 Å². The fourth-order valence-corrected chi connectivity index (χ4v) is 3.02. The maximum atomic E-state index is 13.3. The van der Waals surface area contributed by atoms with Crippen LogP contribution < -0.4 is 0 Å². The molecule has 4 nitrogen and oxygen atoms in total. The third-order valence-electron chi connectivity index (χ3n) is 4.27. The SMILES string of the molecule is Cc1nc2cc(F)ccc2cc1C(=O)N1CCCC(CO)C1. The van der Waals surface area contributed by atoms with Gasteiger partial charge in [0.2, 0.25) is 0 Å². The summed E-state index contributed by atoms with van der Waals surface area (Å²) in [6.45, 7) is 3.16. The fourth-order valence-electron chi connectivity index (χ4n) is 3.02. The van der Waals surface area contributed by atoms with Crippen molar-refractivity contribution < 1.29 is 14.3 Å². The van der Waals surface area contributed by atoms with Gasteiger partial charge < -0.3 is 10.0 Å². The molecule has 1 atom stereocenters. The maximum absolute atomic E-state index is 13.3. The third kappa shape index (κ3) is 2.81. The van der Waals surface area contributed by atoms with Crippen molar-refractivity contribution in [3.05, 3.63) is 41.3 Å². The number of pyridine rings is 1. The van der Waals surface area contributed by atoms with Crippen LogP contribution in [-0.4, -0.2) is 40.6 Å². The van der Waals surface area contributed by atoms with Gasteiger partial charge in [0.25, 0.3) is 5.91 Å². The molecule has 1 saturated heterocycles. The van der Waals surface area contributed by atoms with Crippen LogP contribution in [0.5, 0.6) is 0 Å². The summed E-state index contributed by atoms with van der Waals surface area (Å²) >= 11 is 0. The molecular weight excluding hydrogens is 283 g/mol. The average Bonchev–Trinajstić information content (AvgIpc) is 2.53. The maximum Gasteiger partial charge on any atom is 0.255 e. The summed E-state index contributed by atoms with van der Waals surface area (Å²) in [6.07, 6.45) is 1.86. The molecule has 0 radical (unpaired) electrons. The van der Waals surface area contributed by atoms with Crippen molar-refractivity contribution in [3.8, 4) is 0 Å². The molecule has 1 aromatic carbocycles. The highest BCUT2D eigenvalue weighted by molar-refractivity contribution is 5.98. The predicted molar refractivity (Wildman–Crippen MR) is 82.2 cm³/mol. The monoisotopic (exact) mass is 302 g/mol. The number of likely N-dealkylation sites (tertiary alicyclic amines) is 1. The summed E-state index contributed by atoms with van der Waals surface area (Å²) < 4.78 is 13.3. The molecule has 1 aromatic heterocycles. The van der Waals surface area contributed by atoms with E-state index < -0.39 is 0 Å². The Kier molecular flexibility index (Phi) is 4.07. The standard InChI is InChI=1S/C17H19FN2O2/c1-11-15(7-13-4-5-14(18)8-16(13)19-11)17(22)20-6-2-3-12(9-20)10-21/h4-5,7-8,12,21H,2-3,6,9-10H2,1H3. The zero-order valence-electron chi connectivity index (χ0n) is 12.6. The van der Waals surface area contributed by atoms with E-state index in [2.05, 4.69) is 4.98 Å². The van der Waals surface area contributed by atoms with Crippen molar-refractivity contribution in [1.29, 1.82) is 0 Å². The molecule has 0 aliphatic carbocycles. The number of piperidine rings is 1. The van der Waals surface area contributed by atoms with E-state index >= 15 is 0 Å². The van der Waals surface area contributed by atoms with Crippen LogP contribution in [0.25, 0.3) is 10.9 Å². The van der Waals surface area contributed by atoms with Gasteiger partial charge >= 0.3 is 0 Å². The Morgan fingerprint density at radius 1 is 1.45 bits per heavy atom. The van der Waals surface area contributed by atoms with E-state index in [-0.39, 0.29) is 24.2 Å². The van der Waals surface area contributed by atoms with Crippen molar-refractivity contribution in [2.24, 2.45) is 5.92 Å². The predicted octanol–water partition coefficient (Wildman–Crippen LogP) is 2.53. The molecule has 2 aromatic rings. The summed E-state index contributed by atoms with van der Waals surface area (Å²) in [5.74, 6) is -0.241. The summed E-state index contributed by atoms with van der Waals surface area (Å²) in [5, 5.41) is 10.1. The molecule has 1 N–H and O–H groups in total. The Bertz CT molecular complexity index is 717. The van der Waals surface area contributed by atoms with Crippen LogP contribution in [0.1, 0.15) is 28.9 Å². The molecule has 1 aliphatic rings. The highest BCUT2D eigenvalue weighted by Crippen LogP contribution is 2.22. The second kappa shape index (κ2) is 6.01. The number of rotatable bonds is 2. The lowest BCUT2D eigenvalue weighted by molar-refractivity contribution is 0.0619. The number of aromatic nitrogens is 1. The number of benzene rings is 1. The first-order valence-corrected chi connectivity index (χ1v) is 7.55. The van der Waals surface area contributed by atoms with E-state index in [9.17, 15) is 14.3 Å². The highest BCUT2D eigenvalue weighted by atomic mass is 19.1. The first kappa shape index (κ1) is 14.9. The minimum atomic E-state index is -0.333. The molecule has 1 fully saturated rings. The van der Waals surface area contributed by atoms with Crippen LogP contribution >= 0.6 is 0 Å². The molecule has 3 rings (SSSR count). The van der Waals surface area contributed by atoms with Crippen molar-refractivity contribution in [1.82, 2.24) is 9.88 Å². The summed E-state index contributed by atoms with van der Waals surface area (Å²) in [4.78, 5) is 18.9. The minimum absolute atomic E-state index is 0.0608. The lowest BCUT2D eigenvalue weighted by Crippen LogP contribution is -2.41. The Labute approximate surface area is 128 Å². The molecule has 1 unspecified atom stereocenters. The number of hydrogen-bond donors (Lipinski definition) is 1. The molecular formula is C17H19FN2O2. The van der Waals surface area contributed by atoms with E-state index in [4.69, 9.17) is 0 Å². The Balaban J connectivity index is 1.93. The lowest BCUT2D eigenvalue weighted by atomic mass is 9.98. The number of carbonyl (C=O) groups is 1. The molecule has 1 amide bonds. The second-order valence-electron chi connectivity index (χ2n) is 5.90. The van der Waals surface area contributed by atoms with Crippen molar-refractivity contribution in [2.45, 2.75) is 19.8 Å². The van der Waals surface area contributed by atoms with E-state index in [1.54, 1.807) is 24.0 Å². The number of fused-ring (bicyclic) bond motifs is 1. The molecule has 0 saturated carbocycles. The number of hydrogen-bond acceptors (Lipinski definition) is 3. The number of aryl methyl sites for hydroxylation is 1. The second-order valence-corrected chi connectivity index (χ2v) is 5.90. The number of halogens is 1. The van der Waals surface area contributed by atoms with Crippen molar-refractivity contribution in [3.63, 3.8) is 0 Å². The van der Waals surface area contributed by atoms with Gasteiger partial charge in [0.15, 0.2) is 0 Å². The Morgan fingerprint density at radius 3 is 3.05 bits per heavy atom. The molecule has 5 heteroatoms. The van der Waals surface area contributed by atoms with E-state index in [1.807, 2.05) is 0 Å². The molecule has 22 heavy (non-hydrogen) atoms. The van der Waals surface area contributed by atoms with Gasteiger partial charge in [0, 0.05) is 31.1 Å². The van der Waals surface area contributed by atoms with Crippen LogP contribution in [-0.2, 0) is 0 Å². The van der Waals surface area contributed by atoms with Crippen LogP contribution in [0.15, 0.2) is 24.3 Å². The molecule has 0 spiro atoms. The highest BCUT2D eigenvalue weighted by Gasteiger charge is 2.25. The molecule has 1 aliphatic heterocycles. The average molecular weight is 302 g/mol. The van der Waals surface area contributed by atoms with Crippen LogP contribution in [0.4, 0.5) is 4.39 Å². The topological polar surface area (TPSA) is 53.4 Å². The third-order valence-corrected chi connectivity index (χ3v) is 4.27. The lowest BCUT2D eigenvalue weighted by Gasteiger charge is -2.32. The summed E-state index contributed by atoms with van der Waals surface area (Å²) in [5.41, 5.74) is 1.72. The van der Waals surface area contributed by atoms with Crippen molar-refractivity contribution >= 4 is 16.8 Å². The molecule has 0 bridgehead atoms. The first-order valence-electron chi connectivity index (χ1n) is 7.55. The number of aliphatic hydroxyl groups is 1. The van der Waals surface area contributed by atoms with Gasteiger partial charge in [0.1, 0.15) is 5.82 Å². The largest absolute Gasteiger partial charge is 0.396 e. The summed E-state index contributed by atoms with van der Waals surface area (Å²) in [6, 6.07) is 6.16. The normalized spacial score (nSPS) is 18.7. The quantitative estimate of drug-likeness (QED) is 0.927. The van der Waals surface area contributed by atoms with Gasteiger partial charge in [-0.1, -0.05) is 0 Å².